The van der Waals surface area contributed by atoms with Crippen molar-refractivity contribution in [3.05, 3.63) is 71.8 Å². The van der Waals surface area contributed by atoms with E-state index in [0.29, 0.717) is 25.1 Å². The summed E-state index contributed by atoms with van der Waals surface area (Å²) < 4.78 is 24.9. The van der Waals surface area contributed by atoms with Gasteiger partial charge >= 0.3 is 0 Å². The molecule has 0 radical (unpaired) electrons. The Morgan fingerprint density at radius 3 is 2.08 bits per heavy atom. The minimum absolute atomic E-state index is 0.366. The van der Waals surface area contributed by atoms with Crippen LogP contribution in [0, 0.1) is 0 Å². The first kappa shape index (κ1) is 18.3. The van der Waals surface area contributed by atoms with Crippen molar-refractivity contribution in [1.82, 2.24) is 9.73 Å². The Bertz CT molecular complexity index is 855. The van der Waals surface area contributed by atoms with Gasteiger partial charge in [-0.15, -0.1) is 0 Å². The molecule has 2 aromatic carbocycles. The van der Waals surface area contributed by atoms with Crippen molar-refractivity contribution in [2.24, 2.45) is 5.10 Å². The number of sulfonamides is 1. The summed E-state index contributed by atoms with van der Waals surface area (Å²) in [6, 6.07) is 18.4. The summed E-state index contributed by atoms with van der Waals surface area (Å²) in [4.78, 5) is 12.5. The molecule has 1 aliphatic heterocycles. The maximum atomic E-state index is 12.5. The molecule has 1 amide bonds. The minimum Gasteiger partial charge on any atom is -0.271 e. The van der Waals surface area contributed by atoms with E-state index in [-0.39, 0.29) is 0 Å². The predicted molar refractivity (Wildman–Crippen MR) is 101 cm³/mol. The molecule has 2 aromatic rings. The number of hydrogen-bond donors (Lipinski definition) is 1. The third-order valence-corrected chi connectivity index (χ3v) is 5.59. The minimum atomic E-state index is -3.42. The van der Waals surface area contributed by atoms with Gasteiger partial charge in [-0.1, -0.05) is 60.7 Å². The Kier molecular flexibility index (Phi) is 5.49. The molecule has 1 fully saturated rings. The molecule has 0 saturated carbocycles. The van der Waals surface area contributed by atoms with Crippen molar-refractivity contribution in [3.8, 4) is 0 Å². The fourth-order valence-electron chi connectivity index (χ4n) is 3.07. The lowest BCUT2D eigenvalue weighted by Gasteiger charge is -2.20. The van der Waals surface area contributed by atoms with E-state index in [4.69, 9.17) is 0 Å². The molecule has 0 aromatic heterocycles. The average molecular weight is 371 g/mol. The normalized spacial score (nSPS) is 17.7. The average Bonchev–Trinajstić information content (AvgIpc) is 3.14. The van der Waals surface area contributed by atoms with Crippen LogP contribution < -0.4 is 5.43 Å². The Labute approximate surface area is 153 Å². The molecule has 7 heteroatoms. The summed E-state index contributed by atoms with van der Waals surface area (Å²) in [6.07, 6.45) is 2.29. The van der Waals surface area contributed by atoms with Crippen LogP contribution in [0.5, 0.6) is 0 Å². The Hall–Kier alpha value is -2.51. The molecule has 0 spiro atoms. The fourth-order valence-corrected chi connectivity index (χ4v) is 4.20. The summed E-state index contributed by atoms with van der Waals surface area (Å²) in [5.74, 6) is -0.405. The van der Waals surface area contributed by atoms with Crippen molar-refractivity contribution in [2.75, 3.05) is 12.8 Å². The monoisotopic (exact) mass is 371 g/mol. The third kappa shape index (κ3) is 4.17. The molecular weight excluding hydrogens is 350 g/mol. The van der Waals surface area contributed by atoms with E-state index in [0.717, 1.165) is 17.4 Å². The number of carbonyl (C=O) groups excluding carboxylic acids is 1. The maximum Gasteiger partial charge on any atom is 0.258 e. The molecular formula is C19H21N3O3S. The maximum absolute atomic E-state index is 12.5. The topological polar surface area (TPSA) is 78.8 Å². The van der Waals surface area contributed by atoms with Gasteiger partial charge in [0.15, 0.2) is 0 Å². The molecule has 1 N–H and O–H groups in total. The van der Waals surface area contributed by atoms with E-state index in [1.54, 1.807) is 0 Å². The Balaban J connectivity index is 1.86. The van der Waals surface area contributed by atoms with Crippen LogP contribution in [0.1, 0.15) is 24.0 Å². The van der Waals surface area contributed by atoms with Gasteiger partial charge in [0.05, 0.1) is 12.0 Å². The lowest BCUT2D eigenvalue weighted by Crippen LogP contribution is -2.44. The highest BCUT2D eigenvalue weighted by molar-refractivity contribution is 7.88. The van der Waals surface area contributed by atoms with Gasteiger partial charge in [-0.3, -0.25) is 4.79 Å². The number of benzene rings is 2. The number of carbonyl (C=O) groups is 1. The molecule has 136 valence electrons. The highest BCUT2D eigenvalue weighted by Crippen LogP contribution is 2.20. The predicted octanol–water partition coefficient (Wildman–Crippen LogP) is 1.98. The van der Waals surface area contributed by atoms with Gasteiger partial charge in [0.2, 0.25) is 10.0 Å². The lowest BCUT2D eigenvalue weighted by molar-refractivity contribution is -0.124. The molecule has 0 bridgehead atoms. The van der Waals surface area contributed by atoms with Crippen molar-refractivity contribution in [3.63, 3.8) is 0 Å². The van der Waals surface area contributed by atoms with Gasteiger partial charge in [0.1, 0.15) is 6.04 Å². The van der Waals surface area contributed by atoms with Crippen LogP contribution in [-0.4, -0.2) is 43.2 Å². The number of nitrogens with zero attached hydrogens (tertiary/aromatic N) is 2. The van der Waals surface area contributed by atoms with Crippen LogP contribution in [-0.2, 0) is 14.8 Å². The standard InChI is InChI=1S/C19H21N3O3S/c1-26(24,25)22-14-8-13-17(22)19(23)21-20-18(15-9-4-2-5-10-15)16-11-6-3-7-12-16/h2-7,9-12,17H,8,13-14H2,1H3,(H,21,23)/t17-/m1/s1. The second-order valence-corrected chi connectivity index (χ2v) is 8.14. The first-order chi connectivity index (χ1) is 12.5. The fraction of sp³-hybridized carbons (Fsp3) is 0.263. The second-order valence-electron chi connectivity index (χ2n) is 6.20. The number of rotatable bonds is 5. The molecule has 26 heavy (non-hydrogen) atoms. The highest BCUT2D eigenvalue weighted by atomic mass is 32.2. The number of nitrogens with one attached hydrogen (secondary N) is 1. The molecule has 1 aliphatic rings. The van der Waals surface area contributed by atoms with Crippen LogP contribution in [0.25, 0.3) is 0 Å². The number of amides is 1. The Morgan fingerprint density at radius 1 is 1.04 bits per heavy atom. The van der Waals surface area contributed by atoms with E-state index in [2.05, 4.69) is 10.5 Å². The molecule has 0 aliphatic carbocycles. The first-order valence-electron chi connectivity index (χ1n) is 8.42. The van der Waals surface area contributed by atoms with E-state index >= 15 is 0 Å². The molecule has 1 heterocycles. The van der Waals surface area contributed by atoms with Crippen LogP contribution in [0.15, 0.2) is 65.8 Å². The van der Waals surface area contributed by atoms with Crippen LogP contribution >= 0.6 is 0 Å². The van der Waals surface area contributed by atoms with Crippen LogP contribution in [0.4, 0.5) is 0 Å². The quantitative estimate of drug-likeness (QED) is 0.645. The van der Waals surface area contributed by atoms with Crippen LogP contribution in [0.2, 0.25) is 0 Å². The van der Waals surface area contributed by atoms with Crippen LogP contribution in [0.3, 0.4) is 0 Å². The van der Waals surface area contributed by atoms with Crippen molar-refractivity contribution >= 4 is 21.6 Å². The zero-order chi connectivity index (χ0) is 18.6. The smallest absolute Gasteiger partial charge is 0.258 e. The Morgan fingerprint density at radius 2 is 1.58 bits per heavy atom. The lowest BCUT2D eigenvalue weighted by atomic mass is 10.0. The summed E-state index contributed by atoms with van der Waals surface area (Å²) in [5.41, 5.74) is 4.93. The highest BCUT2D eigenvalue weighted by Gasteiger charge is 2.36. The second kappa shape index (κ2) is 7.80. The van der Waals surface area contributed by atoms with Gasteiger partial charge in [-0.2, -0.15) is 9.41 Å². The zero-order valence-electron chi connectivity index (χ0n) is 14.5. The van der Waals surface area contributed by atoms with E-state index in [1.807, 2.05) is 60.7 Å². The molecule has 1 atom stereocenters. The molecule has 0 unspecified atom stereocenters. The molecule has 6 nitrogen and oxygen atoms in total. The van der Waals surface area contributed by atoms with Crippen molar-refractivity contribution < 1.29 is 13.2 Å². The summed E-state index contributed by atoms with van der Waals surface area (Å²) in [7, 11) is -3.42. The van der Waals surface area contributed by atoms with Crippen molar-refractivity contribution in [1.29, 1.82) is 0 Å². The largest absolute Gasteiger partial charge is 0.271 e. The molecule has 3 rings (SSSR count). The summed E-state index contributed by atoms with van der Waals surface area (Å²) in [6.45, 7) is 0.366. The van der Waals surface area contributed by atoms with Gasteiger partial charge in [-0.25, -0.2) is 13.8 Å². The van der Waals surface area contributed by atoms with Gasteiger partial charge < -0.3 is 0 Å². The van der Waals surface area contributed by atoms with E-state index in [9.17, 15) is 13.2 Å². The zero-order valence-corrected chi connectivity index (χ0v) is 15.3. The first-order valence-corrected chi connectivity index (χ1v) is 10.3. The third-order valence-electron chi connectivity index (χ3n) is 4.30. The number of hydrazone groups is 1. The van der Waals surface area contributed by atoms with Crippen molar-refractivity contribution in [2.45, 2.75) is 18.9 Å². The SMILES string of the molecule is CS(=O)(=O)N1CCC[C@@H]1C(=O)NN=C(c1ccccc1)c1ccccc1. The molecule has 1 saturated heterocycles. The van der Waals surface area contributed by atoms with E-state index < -0.39 is 22.0 Å². The van der Waals surface area contributed by atoms with Gasteiger partial charge in [-0.05, 0) is 12.8 Å². The number of hydrogen-bond acceptors (Lipinski definition) is 4. The van der Waals surface area contributed by atoms with Gasteiger partial charge in [0, 0.05) is 17.7 Å². The summed E-state index contributed by atoms with van der Waals surface area (Å²) in [5, 5.41) is 4.32. The summed E-state index contributed by atoms with van der Waals surface area (Å²) >= 11 is 0. The van der Waals surface area contributed by atoms with Gasteiger partial charge in [0.25, 0.3) is 5.91 Å². The van der Waals surface area contributed by atoms with E-state index in [1.165, 1.54) is 4.31 Å².